The maximum Gasteiger partial charge on any atom is 0.246 e. The van der Waals surface area contributed by atoms with E-state index in [0.29, 0.717) is 12.8 Å². The highest BCUT2D eigenvalue weighted by atomic mass is 32.2. The first-order chi connectivity index (χ1) is 8.25. The third-order valence-corrected chi connectivity index (χ3v) is 4.15. The Kier molecular flexibility index (Phi) is 3.10. The Bertz CT molecular complexity index is 582. The number of rotatable bonds is 3. The quantitative estimate of drug-likeness (QED) is 0.681. The predicted molar refractivity (Wildman–Crippen MR) is 54.4 cm³/mol. The van der Waals surface area contributed by atoms with Crippen LogP contribution in [0.2, 0.25) is 0 Å². The number of hydrogen-bond acceptors (Lipinski definition) is 2. The Hall–Kier alpha value is -1.15. The average molecular weight is 283 g/mol. The van der Waals surface area contributed by atoms with Gasteiger partial charge in [-0.3, -0.25) is 0 Å². The predicted octanol–water partition coefficient (Wildman–Crippen LogP) is 1.99. The van der Waals surface area contributed by atoms with E-state index in [-0.39, 0.29) is 0 Å². The van der Waals surface area contributed by atoms with Crippen LogP contribution < -0.4 is 4.72 Å². The van der Waals surface area contributed by atoms with Crippen molar-refractivity contribution in [2.24, 2.45) is 0 Å². The first-order valence-electron chi connectivity index (χ1n) is 5.10. The molecular weight excluding hydrogens is 274 g/mol. The summed E-state index contributed by atoms with van der Waals surface area (Å²) >= 11 is 0. The molecule has 1 aliphatic rings. The molecule has 0 radical (unpaired) electrons. The second-order valence-electron chi connectivity index (χ2n) is 4.11. The third kappa shape index (κ3) is 2.10. The molecule has 1 aromatic rings. The molecule has 1 saturated carbocycles. The fourth-order valence-corrected chi connectivity index (χ4v) is 2.88. The Morgan fingerprint density at radius 2 is 1.44 bits per heavy atom. The van der Waals surface area contributed by atoms with E-state index in [1.54, 1.807) is 0 Å². The van der Waals surface area contributed by atoms with Gasteiger partial charge in [0.25, 0.3) is 0 Å². The van der Waals surface area contributed by atoms with Gasteiger partial charge in [-0.05, 0) is 19.8 Å². The highest BCUT2D eigenvalue weighted by Crippen LogP contribution is 2.29. The SMILES string of the molecule is Cc1c(F)c(F)c(S(=O)(=O)NC2CC2)c(F)c1F. The van der Waals surface area contributed by atoms with Crippen LogP contribution in [0, 0.1) is 30.2 Å². The van der Waals surface area contributed by atoms with Gasteiger partial charge < -0.3 is 0 Å². The average Bonchev–Trinajstić information content (AvgIpc) is 3.06. The van der Waals surface area contributed by atoms with Gasteiger partial charge in [0, 0.05) is 11.6 Å². The molecular formula is C10H9F4NO2S. The van der Waals surface area contributed by atoms with Crippen molar-refractivity contribution >= 4 is 10.0 Å². The Balaban J connectivity index is 2.63. The van der Waals surface area contributed by atoms with Crippen molar-refractivity contribution < 1.29 is 26.0 Å². The lowest BCUT2D eigenvalue weighted by molar-refractivity contribution is 0.411. The van der Waals surface area contributed by atoms with Gasteiger partial charge in [0.2, 0.25) is 10.0 Å². The van der Waals surface area contributed by atoms with Crippen LogP contribution in [0.1, 0.15) is 18.4 Å². The van der Waals surface area contributed by atoms with Crippen molar-refractivity contribution in [2.75, 3.05) is 0 Å². The number of halogens is 4. The molecule has 0 unspecified atom stereocenters. The van der Waals surface area contributed by atoms with Crippen molar-refractivity contribution in [3.05, 3.63) is 28.8 Å². The van der Waals surface area contributed by atoms with Gasteiger partial charge in [0.1, 0.15) is 0 Å². The highest BCUT2D eigenvalue weighted by molar-refractivity contribution is 7.89. The fourth-order valence-electron chi connectivity index (χ4n) is 1.44. The van der Waals surface area contributed by atoms with E-state index in [1.807, 2.05) is 4.72 Å². The van der Waals surface area contributed by atoms with E-state index >= 15 is 0 Å². The van der Waals surface area contributed by atoms with Crippen LogP contribution in [0.3, 0.4) is 0 Å². The van der Waals surface area contributed by atoms with Crippen molar-refractivity contribution in [3.63, 3.8) is 0 Å². The monoisotopic (exact) mass is 283 g/mol. The Labute approximate surface area is 101 Å². The summed E-state index contributed by atoms with van der Waals surface area (Å²) in [7, 11) is -4.60. The van der Waals surface area contributed by atoms with Gasteiger partial charge in [-0.1, -0.05) is 0 Å². The largest absolute Gasteiger partial charge is 0.246 e. The van der Waals surface area contributed by atoms with Gasteiger partial charge in [-0.2, -0.15) is 0 Å². The lowest BCUT2D eigenvalue weighted by Crippen LogP contribution is -2.28. The van der Waals surface area contributed by atoms with Crippen LogP contribution in [-0.4, -0.2) is 14.5 Å². The third-order valence-electron chi connectivity index (χ3n) is 2.61. The maximum absolute atomic E-state index is 13.5. The van der Waals surface area contributed by atoms with Gasteiger partial charge in [0.15, 0.2) is 28.2 Å². The highest BCUT2D eigenvalue weighted by Gasteiger charge is 2.35. The van der Waals surface area contributed by atoms with Crippen molar-refractivity contribution in [1.82, 2.24) is 4.72 Å². The minimum absolute atomic E-state index is 0.429. The normalized spacial score (nSPS) is 16.1. The fraction of sp³-hybridized carbons (Fsp3) is 0.400. The second-order valence-corrected chi connectivity index (χ2v) is 5.76. The summed E-state index contributed by atoms with van der Waals surface area (Å²) in [6.07, 6.45) is 1.05. The van der Waals surface area contributed by atoms with E-state index in [1.165, 1.54) is 0 Å². The van der Waals surface area contributed by atoms with Gasteiger partial charge in [-0.15, -0.1) is 0 Å². The molecule has 1 N–H and O–H groups in total. The van der Waals surface area contributed by atoms with Gasteiger partial charge in [0.05, 0.1) is 0 Å². The molecule has 3 nitrogen and oxygen atoms in total. The first kappa shape index (κ1) is 13.3. The van der Waals surface area contributed by atoms with Crippen molar-refractivity contribution in [3.8, 4) is 0 Å². The summed E-state index contributed by atoms with van der Waals surface area (Å²) in [5.41, 5.74) is -0.893. The molecule has 0 amide bonds. The summed E-state index contributed by atoms with van der Waals surface area (Å²) < 4.78 is 78.6. The van der Waals surface area contributed by atoms with Crippen LogP contribution in [0.4, 0.5) is 17.6 Å². The molecule has 0 atom stereocenters. The zero-order valence-corrected chi connectivity index (χ0v) is 10.0. The summed E-state index contributed by atoms with van der Waals surface area (Å²) in [6.45, 7) is 0.821. The minimum atomic E-state index is -4.60. The molecule has 0 aliphatic heterocycles. The van der Waals surface area contributed by atoms with E-state index in [0.717, 1.165) is 6.92 Å². The molecule has 18 heavy (non-hydrogen) atoms. The summed E-state index contributed by atoms with van der Waals surface area (Å²) in [4.78, 5) is -1.60. The number of benzene rings is 1. The Morgan fingerprint density at radius 3 is 1.83 bits per heavy atom. The van der Waals surface area contributed by atoms with E-state index in [2.05, 4.69) is 0 Å². The number of sulfonamides is 1. The maximum atomic E-state index is 13.5. The molecule has 0 aromatic heterocycles. The standard InChI is InChI=1S/C10H9F4NO2S/c1-4-6(11)8(13)10(9(14)7(4)12)18(16,17)15-5-2-3-5/h5,15H,2-3H2,1H3. The molecule has 100 valence electrons. The van der Waals surface area contributed by atoms with Crippen molar-refractivity contribution in [1.29, 1.82) is 0 Å². The minimum Gasteiger partial charge on any atom is -0.208 e. The molecule has 0 saturated heterocycles. The molecule has 8 heteroatoms. The molecule has 0 heterocycles. The molecule has 1 fully saturated rings. The zero-order valence-electron chi connectivity index (χ0n) is 9.23. The number of nitrogens with one attached hydrogen (secondary N) is 1. The topological polar surface area (TPSA) is 46.2 Å². The molecule has 0 spiro atoms. The molecule has 1 aromatic carbocycles. The van der Waals surface area contributed by atoms with Crippen LogP contribution >= 0.6 is 0 Å². The zero-order chi connectivity index (χ0) is 13.7. The Morgan fingerprint density at radius 1 is 1.00 bits per heavy atom. The summed E-state index contributed by atoms with van der Waals surface area (Å²) in [5.74, 6) is -7.21. The van der Waals surface area contributed by atoms with Gasteiger partial charge >= 0.3 is 0 Å². The van der Waals surface area contributed by atoms with Crippen LogP contribution in [-0.2, 0) is 10.0 Å². The van der Waals surface area contributed by atoms with Crippen LogP contribution in [0.25, 0.3) is 0 Å². The van der Waals surface area contributed by atoms with Gasteiger partial charge in [-0.25, -0.2) is 30.7 Å². The summed E-state index contributed by atoms with van der Waals surface area (Å²) in [5, 5.41) is 0. The molecule has 1 aliphatic carbocycles. The van der Waals surface area contributed by atoms with E-state index < -0.39 is 49.8 Å². The molecule has 0 bridgehead atoms. The van der Waals surface area contributed by atoms with Crippen LogP contribution in [0.5, 0.6) is 0 Å². The van der Waals surface area contributed by atoms with E-state index in [9.17, 15) is 26.0 Å². The van der Waals surface area contributed by atoms with Crippen LogP contribution in [0.15, 0.2) is 4.90 Å². The lowest BCUT2D eigenvalue weighted by atomic mass is 10.2. The number of hydrogen-bond donors (Lipinski definition) is 1. The first-order valence-corrected chi connectivity index (χ1v) is 6.59. The van der Waals surface area contributed by atoms with Crippen molar-refractivity contribution in [2.45, 2.75) is 30.7 Å². The lowest BCUT2D eigenvalue weighted by Gasteiger charge is -2.10. The second kappa shape index (κ2) is 4.20. The smallest absolute Gasteiger partial charge is 0.208 e. The molecule has 2 rings (SSSR count). The van der Waals surface area contributed by atoms with E-state index in [4.69, 9.17) is 0 Å². The summed E-state index contributed by atoms with van der Waals surface area (Å²) in [6, 6.07) is -0.429.